The number of halogens is 1. The topological polar surface area (TPSA) is 52.2 Å². The zero-order chi connectivity index (χ0) is 28.2. The van der Waals surface area contributed by atoms with E-state index in [4.69, 9.17) is 16.6 Å². The Morgan fingerprint density at radius 3 is 2.51 bits per heavy atom. The van der Waals surface area contributed by atoms with Gasteiger partial charge in [0, 0.05) is 29.6 Å². The number of hydrogen-bond acceptors (Lipinski definition) is 4. The number of nitrogens with zero attached hydrogens (tertiary/aromatic N) is 3. The lowest BCUT2D eigenvalue weighted by molar-refractivity contribution is 0.0668. The van der Waals surface area contributed by atoms with Crippen molar-refractivity contribution in [1.29, 1.82) is 0 Å². The monoisotopic (exact) mass is 584 g/mol. The standard InChI is InChI=1S/C34H37ClN4OS/c1-2-3-21-39(34(40)32-31(35)26-15-7-10-18-30(26)41-32)29(33-36-27-16-8-9-17-28(27)37-33)22-24-13-5-6-14-25(24)23-38-19-11-4-12-20-38/h5-10,13-18,29H,2-4,11-12,19-23H2,1H3,(H,36,37). The molecule has 0 aliphatic carbocycles. The van der Waals surface area contributed by atoms with Crippen molar-refractivity contribution in [2.24, 2.45) is 0 Å². The average Bonchev–Trinajstić information content (AvgIpc) is 3.59. The minimum Gasteiger partial charge on any atom is -0.340 e. The normalized spacial score (nSPS) is 15.0. The van der Waals surface area contributed by atoms with Crippen LogP contribution in [0.1, 0.15) is 71.7 Å². The lowest BCUT2D eigenvalue weighted by Gasteiger charge is -2.32. The Morgan fingerprint density at radius 1 is 1.00 bits per heavy atom. The minimum atomic E-state index is -0.259. The summed E-state index contributed by atoms with van der Waals surface area (Å²) in [4.78, 5) is 28.3. The van der Waals surface area contributed by atoms with E-state index >= 15 is 0 Å². The third kappa shape index (κ3) is 6.06. The summed E-state index contributed by atoms with van der Waals surface area (Å²) in [5.74, 6) is 0.796. The third-order valence-corrected chi connectivity index (χ3v) is 9.88. The molecule has 3 heterocycles. The number of rotatable bonds is 10. The first-order valence-electron chi connectivity index (χ1n) is 14.8. The number of aromatic nitrogens is 2. The Bertz CT molecular complexity index is 1600. The second-order valence-electron chi connectivity index (χ2n) is 11.1. The Morgan fingerprint density at radius 2 is 1.73 bits per heavy atom. The van der Waals surface area contributed by atoms with Gasteiger partial charge in [-0.2, -0.15) is 0 Å². The largest absolute Gasteiger partial charge is 0.340 e. The Kier molecular flexibility index (Phi) is 8.70. The van der Waals surface area contributed by atoms with Gasteiger partial charge in [0.25, 0.3) is 5.91 Å². The number of likely N-dealkylation sites (tertiary alicyclic amines) is 1. The van der Waals surface area contributed by atoms with Crippen LogP contribution in [0.25, 0.3) is 21.1 Å². The number of benzene rings is 3. The Balaban J connectivity index is 1.42. The molecule has 3 aromatic carbocycles. The summed E-state index contributed by atoms with van der Waals surface area (Å²) in [6.07, 6.45) is 6.42. The highest BCUT2D eigenvalue weighted by molar-refractivity contribution is 7.21. The molecule has 1 aliphatic heterocycles. The molecule has 0 saturated carbocycles. The fourth-order valence-corrected chi connectivity index (χ4v) is 7.44. The van der Waals surface area contributed by atoms with Gasteiger partial charge in [-0.1, -0.05) is 86.0 Å². The van der Waals surface area contributed by atoms with E-state index in [-0.39, 0.29) is 11.9 Å². The summed E-state index contributed by atoms with van der Waals surface area (Å²) >= 11 is 8.36. The molecule has 0 bridgehead atoms. The Labute approximate surface area is 251 Å². The molecule has 5 nitrogen and oxygen atoms in total. The third-order valence-electron chi connectivity index (χ3n) is 8.22. The summed E-state index contributed by atoms with van der Waals surface area (Å²) in [6, 6.07) is 24.6. The molecule has 1 saturated heterocycles. The van der Waals surface area contributed by atoms with Gasteiger partial charge in [-0.3, -0.25) is 9.69 Å². The van der Waals surface area contributed by atoms with Crippen LogP contribution < -0.4 is 0 Å². The van der Waals surface area contributed by atoms with Crippen molar-refractivity contribution >= 4 is 50.0 Å². The Hall–Kier alpha value is -3.19. The fraction of sp³-hybridized carbons (Fsp3) is 0.353. The van der Waals surface area contributed by atoms with E-state index in [1.54, 1.807) is 0 Å². The van der Waals surface area contributed by atoms with E-state index in [1.165, 1.54) is 41.7 Å². The first-order chi connectivity index (χ1) is 20.1. The quantitative estimate of drug-likeness (QED) is 0.179. The smallest absolute Gasteiger partial charge is 0.266 e. The van der Waals surface area contributed by atoms with Crippen molar-refractivity contribution in [3.63, 3.8) is 0 Å². The van der Waals surface area contributed by atoms with Crippen molar-refractivity contribution in [2.75, 3.05) is 19.6 Å². The van der Waals surface area contributed by atoms with Gasteiger partial charge in [-0.25, -0.2) is 4.98 Å². The number of piperidine rings is 1. The number of para-hydroxylation sites is 2. The van der Waals surface area contributed by atoms with Crippen LogP contribution in [0.4, 0.5) is 0 Å². The number of H-pyrrole nitrogens is 1. The number of thiophene rings is 1. The van der Waals surface area contributed by atoms with E-state index in [9.17, 15) is 4.79 Å². The number of carbonyl (C=O) groups is 1. The summed E-state index contributed by atoms with van der Waals surface area (Å²) in [7, 11) is 0. The summed E-state index contributed by atoms with van der Waals surface area (Å²) in [6.45, 7) is 6.03. The van der Waals surface area contributed by atoms with Gasteiger partial charge >= 0.3 is 0 Å². The van der Waals surface area contributed by atoms with Gasteiger partial charge in [0.05, 0.1) is 22.1 Å². The van der Waals surface area contributed by atoms with Crippen molar-refractivity contribution in [3.05, 3.63) is 99.6 Å². The molecule has 1 N–H and O–H groups in total. The molecule has 1 unspecified atom stereocenters. The zero-order valence-corrected chi connectivity index (χ0v) is 25.2. The second kappa shape index (κ2) is 12.8. The van der Waals surface area contributed by atoms with E-state index in [0.717, 1.165) is 59.4 Å². The van der Waals surface area contributed by atoms with Crippen molar-refractivity contribution in [2.45, 2.75) is 58.0 Å². The SMILES string of the molecule is CCCCN(C(=O)c1sc2ccccc2c1Cl)C(Cc1ccccc1CN1CCCCC1)c1nc2ccccc2[nH]1. The highest BCUT2D eigenvalue weighted by Gasteiger charge is 2.32. The fourth-order valence-electron chi connectivity index (χ4n) is 5.97. The first-order valence-corrected chi connectivity index (χ1v) is 16.0. The molecule has 6 rings (SSSR count). The first kappa shape index (κ1) is 28.0. The lowest BCUT2D eigenvalue weighted by atomic mass is 9.97. The molecule has 0 spiro atoms. The maximum Gasteiger partial charge on any atom is 0.266 e. The maximum absolute atomic E-state index is 14.5. The highest BCUT2D eigenvalue weighted by Crippen LogP contribution is 2.38. The van der Waals surface area contributed by atoms with Crippen molar-refractivity contribution in [1.82, 2.24) is 19.8 Å². The van der Waals surface area contributed by atoms with Crippen LogP contribution in [0, 0.1) is 0 Å². The van der Waals surface area contributed by atoms with E-state index in [2.05, 4.69) is 41.1 Å². The number of amides is 1. The second-order valence-corrected chi connectivity index (χ2v) is 12.5. The van der Waals surface area contributed by atoms with Crippen LogP contribution >= 0.6 is 22.9 Å². The number of nitrogens with one attached hydrogen (secondary N) is 1. The van der Waals surface area contributed by atoms with Gasteiger partial charge in [0.2, 0.25) is 0 Å². The van der Waals surface area contributed by atoms with Crippen molar-refractivity contribution in [3.8, 4) is 0 Å². The number of carbonyl (C=O) groups excluding carboxylic acids is 1. The molecular formula is C34H37ClN4OS. The van der Waals surface area contributed by atoms with Crippen LogP contribution in [0.2, 0.25) is 5.02 Å². The summed E-state index contributed by atoms with van der Waals surface area (Å²) < 4.78 is 1.03. The number of imidazole rings is 1. The molecule has 7 heteroatoms. The zero-order valence-electron chi connectivity index (χ0n) is 23.6. The predicted octanol–water partition coefficient (Wildman–Crippen LogP) is 8.64. The van der Waals surface area contributed by atoms with E-state index < -0.39 is 0 Å². The lowest BCUT2D eigenvalue weighted by Crippen LogP contribution is -2.37. The molecule has 41 heavy (non-hydrogen) atoms. The molecule has 1 amide bonds. The highest BCUT2D eigenvalue weighted by atomic mass is 35.5. The number of aromatic amines is 1. The summed E-state index contributed by atoms with van der Waals surface area (Å²) in [5.41, 5.74) is 4.49. The van der Waals surface area contributed by atoms with E-state index in [1.807, 2.05) is 53.4 Å². The molecule has 0 radical (unpaired) electrons. The maximum atomic E-state index is 14.5. The van der Waals surface area contributed by atoms with Gasteiger partial charge in [0.1, 0.15) is 10.7 Å². The minimum absolute atomic E-state index is 0.0244. The van der Waals surface area contributed by atoms with Gasteiger partial charge < -0.3 is 9.88 Å². The van der Waals surface area contributed by atoms with Crippen LogP contribution in [0.5, 0.6) is 0 Å². The van der Waals surface area contributed by atoms with Crippen LogP contribution in [0.3, 0.4) is 0 Å². The molecule has 5 aromatic rings. The van der Waals surface area contributed by atoms with E-state index in [0.29, 0.717) is 22.9 Å². The van der Waals surface area contributed by atoms with Crippen molar-refractivity contribution < 1.29 is 4.79 Å². The molecule has 2 aromatic heterocycles. The predicted molar refractivity (Wildman–Crippen MR) is 171 cm³/mol. The molecular weight excluding hydrogens is 548 g/mol. The van der Waals surface area contributed by atoms with Gasteiger partial charge in [0.15, 0.2) is 0 Å². The number of unbranched alkanes of at least 4 members (excludes halogenated alkanes) is 1. The average molecular weight is 585 g/mol. The van der Waals surface area contributed by atoms with Crippen LogP contribution in [0.15, 0.2) is 72.8 Å². The van der Waals surface area contributed by atoms with Gasteiger partial charge in [-0.15, -0.1) is 11.3 Å². The molecule has 212 valence electrons. The molecule has 1 aliphatic rings. The molecule has 1 fully saturated rings. The van der Waals surface area contributed by atoms with Crippen LogP contribution in [-0.4, -0.2) is 45.3 Å². The van der Waals surface area contributed by atoms with Gasteiger partial charge in [-0.05, 0) is 61.7 Å². The number of fused-ring (bicyclic) bond motifs is 2. The van der Waals surface area contributed by atoms with Crippen LogP contribution in [-0.2, 0) is 13.0 Å². The number of hydrogen-bond donors (Lipinski definition) is 1. The summed E-state index contributed by atoms with van der Waals surface area (Å²) in [5, 5.41) is 1.48. The molecule has 1 atom stereocenters.